The van der Waals surface area contributed by atoms with Crippen LogP contribution in [0.3, 0.4) is 0 Å². The number of fused-ring (bicyclic) bond motifs is 1. The summed E-state index contributed by atoms with van der Waals surface area (Å²) in [6.45, 7) is 3.20. The van der Waals surface area contributed by atoms with Crippen molar-refractivity contribution in [3.63, 3.8) is 0 Å². The number of aliphatic hydroxyl groups excluding tert-OH is 1. The van der Waals surface area contributed by atoms with Crippen molar-refractivity contribution in [2.45, 2.75) is 43.6 Å². The van der Waals surface area contributed by atoms with E-state index in [4.69, 9.17) is 4.74 Å². The predicted molar refractivity (Wildman–Crippen MR) is 127 cm³/mol. The number of halogens is 1. The van der Waals surface area contributed by atoms with Gasteiger partial charge in [-0.1, -0.05) is 60.7 Å². The summed E-state index contributed by atoms with van der Waals surface area (Å²) < 4.78 is 50.7. The number of amidine groups is 1. The van der Waals surface area contributed by atoms with E-state index in [-0.39, 0.29) is 25.5 Å². The van der Waals surface area contributed by atoms with Crippen LogP contribution >= 0.6 is 0 Å². The first-order valence-electron chi connectivity index (χ1n) is 10.8. The van der Waals surface area contributed by atoms with Gasteiger partial charge in [-0.3, -0.25) is 0 Å². The minimum atomic E-state index is -3.96. The van der Waals surface area contributed by atoms with Gasteiger partial charge in [0.05, 0.1) is 6.04 Å². The van der Waals surface area contributed by atoms with E-state index in [9.17, 15) is 17.9 Å². The average Bonchev–Trinajstić information content (AvgIpc) is 2.76. The molecule has 6 nitrogen and oxygen atoms in total. The third kappa shape index (κ3) is 4.86. The van der Waals surface area contributed by atoms with E-state index < -0.39 is 32.7 Å². The van der Waals surface area contributed by atoms with Crippen molar-refractivity contribution in [3.05, 3.63) is 83.7 Å². The Morgan fingerprint density at radius 3 is 2.52 bits per heavy atom. The van der Waals surface area contributed by atoms with Crippen LogP contribution in [0.25, 0.3) is 10.8 Å². The Labute approximate surface area is 193 Å². The number of nitrogens with one attached hydrogen (secondary N) is 1. The van der Waals surface area contributed by atoms with Crippen molar-refractivity contribution in [2.75, 3.05) is 6.61 Å². The zero-order valence-corrected chi connectivity index (χ0v) is 19.3. The van der Waals surface area contributed by atoms with Crippen molar-refractivity contribution in [1.29, 1.82) is 0 Å². The largest absolute Gasteiger partial charge is 0.457 e. The van der Waals surface area contributed by atoms with Crippen molar-refractivity contribution >= 4 is 26.8 Å². The van der Waals surface area contributed by atoms with Crippen LogP contribution in [0.1, 0.15) is 37.4 Å². The standard InChI is InChI=1S/C25H27FN2O4S/c1-25(2)23(16-18-10-7-9-17-8-3-4-11-19(17)18)33(30,31)28-24(32-25)27-22(14-15-29)20-12-5-6-13-21(20)26/h3-13,22-23,29H,14-16H2,1-2H3,(H,27,28)/t22-,23?/m0/s1. The van der Waals surface area contributed by atoms with Crippen molar-refractivity contribution in [3.8, 4) is 0 Å². The summed E-state index contributed by atoms with van der Waals surface area (Å²) in [6.07, 6.45) is 0.393. The third-order valence-corrected chi connectivity index (χ3v) is 7.86. The molecule has 3 aromatic rings. The molecule has 1 heterocycles. The fourth-order valence-corrected chi connectivity index (χ4v) is 5.89. The van der Waals surface area contributed by atoms with Crippen LogP contribution < -0.4 is 5.32 Å². The normalized spacial score (nSPS) is 20.0. The highest BCUT2D eigenvalue weighted by atomic mass is 32.2. The molecule has 2 atom stereocenters. The zero-order valence-electron chi connectivity index (χ0n) is 18.5. The molecule has 8 heteroatoms. The molecule has 0 radical (unpaired) electrons. The van der Waals surface area contributed by atoms with Gasteiger partial charge >= 0.3 is 6.02 Å². The minimum Gasteiger partial charge on any atom is -0.457 e. The predicted octanol–water partition coefficient (Wildman–Crippen LogP) is 4.10. The molecule has 0 spiro atoms. The Bertz CT molecular complexity index is 1290. The van der Waals surface area contributed by atoms with Crippen LogP contribution in [-0.2, 0) is 21.2 Å². The van der Waals surface area contributed by atoms with Crippen LogP contribution in [0.2, 0.25) is 0 Å². The molecule has 0 amide bonds. The van der Waals surface area contributed by atoms with Gasteiger partial charge in [0.2, 0.25) is 0 Å². The Morgan fingerprint density at radius 1 is 1.09 bits per heavy atom. The van der Waals surface area contributed by atoms with Crippen LogP contribution in [0.15, 0.2) is 71.1 Å². The molecule has 0 aromatic heterocycles. The molecule has 1 aliphatic heterocycles. The zero-order chi connectivity index (χ0) is 23.6. The average molecular weight is 471 g/mol. The minimum absolute atomic E-state index is 0.156. The highest BCUT2D eigenvalue weighted by molar-refractivity contribution is 7.91. The van der Waals surface area contributed by atoms with Crippen LogP contribution in [0, 0.1) is 5.82 Å². The number of hydrogen-bond donors (Lipinski definition) is 2. The summed E-state index contributed by atoms with van der Waals surface area (Å²) in [5, 5.41) is 13.5. The molecule has 0 fully saturated rings. The summed E-state index contributed by atoms with van der Waals surface area (Å²) in [7, 11) is -3.96. The molecule has 2 N–H and O–H groups in total. The lowest BCUT2D eigenvalue weighted by Crippen LogP contribution is -2.53. The first-order valence-corrected chi connectivity index (χ1v) is 12.3. The summed E-state index contributed by atoms with van der Waals surface area (Å²) in [4.78, 5) is 0. The molecular formula is C25H27FN2O4S. The Balaban J connectivity index is 1.65. The van der Waals surface area contributed by atoms with Gasteiger partial charge in [-0.15, -0.1) is 4.40 Å². The fraction of sp³-hybridized carbons (Fsp3) is 0.320. The fourth-order valence-electron chi connectivity index (χ4n) is 4.29. The summed E-state index contributed by atoms with van der Waals surface area (Å²) in [5.74, 6) is -0.462. The van der Waals surface area contributed by atoms with Crippen LogP contribution in [0.5, 0.6) is 0 Å². The van der Waals surface area contributed by atoms with Gasteiger partial charge < -0.3 is 15.2 Å². The number of nitrogens with zero attached hydrogens (tertiary/aromatic N) is 1. The van der Waals surface area contributed by atoms with Crippen LogP contribution in [-0.4, -0.2) is 37.0 Å². The molecule has 33 heavy (non-hydrogen) atoms. The first kappa shape index (κ1) is 23.2. The van der Waals surface area contributed by atoms with E-state index in [1.165, 1.54) is 6.07 Å². The van der Waals surface area contributed by atoms with E-state index in [1.807, 2.05) is 42.5 Å². The van der Waals surface area contributed by atoms with Gasteiger partial charge in [0.1, 0.15) is 16.7 Å². The number of sulfonamides is 1. The van der Waals surface area contributed by atoms with Gasteiger partial charge in [-0.05, 0) is 49.1 Å². The second kappa shape index (κ2) is 9.11. The molecular weight excluding hydrogens is 443 g/mol. The highest BCUT2D eigenvalue weighted by Gasteiger charge is 2.46. The number of ether oxygens (including phenoxy) is 1. The van der Waals surface area contributed by atoms with E-state index in [2.05, 4.69) is 9.71 Å². The molecule has 1 aliphatic rings. The molecule has 4 rings (SSSR count). The SMILES string of the molecule is CC1(C)OC(N[C@@H](CCO)c2ccccc2F)=NS(=O)(=O)C1Cc1cccc2ccccc12. The molecule has 174 valence electrons. The molecule has 3 aromatic carbocycles. The number of benzene rings is 3. The Morgan fingerprint density at radius 2 is 1.79 bits per heavy atom. The number of aliphatic hydroxyl groups is 1. The first-order chi connectivity index (χ1) is 15.7. The Kier molecular flexibility index (Phi) is 6.41. The third-order valence-electron chi connectivity index (χ3n) is 5.99. The van der Waals surface area contributed by atoms with Gasteiger partial charge in [-0.25, -0.2) is 12.8 Å². The van der Waals surface area contributed by atoms with Crippen LogP contribution in [0.4, 0.5) is 4.39 Å². The molecule has 0 bridgehead atoms. The van der Waals surface area contributed by atoms with Crippen molar-refractivity contribution < 1.29 is 22.7 Å². The van der Waals surface area contributed by atoms with Crippen molar-refractivity contribution in [1.82, 2.24) is 5.32 Å². The Hall–Kier alpha value is -2.97. The van der Waals surface area contributed by atoms with Crippen molar-refractivity contribution in [2.24, 2.45) is 4.40 Å². The van der Waals surface area contributed by atoms with E-state index >= 15 is 0 Å². The maximum atomic E-state index is 14.3. The summed E-state index contributed by atoms with van der Waals surface area (Å²) >= 11 is 0. The van der Waals surface area contributed by atoms with Gasteiger partial charge in [0, 0.05) is 12.2 Å². The number of hydrogen-bond acceptors (Lipinski definition) is 5. The molecule has 0 saturated heterocycles. The summed E-state index contributed by atoms with van der Waals surface area (Å²) in [6, 6.07) is 18.9. The smallest absolute Gasteiger partial charge is 0.301 e. The second-order valence-electron chi connectivity index (χ2n) is 8.68. The lowest BCUT2D eigenvalue weighted by molar-refractivity contribution is 0.0761. The second-order valence-corrected chi connectivity index (χ2v) is 10.5. The van der Waals surface area contributed by atoms with E-state index in [0.29, 0.717) is 5.56 Å². The molecule has 0 saturated carbocycles. The molecule has 1 unspecified atom stereocenters. The van der Waals surface area contributed by atoms with Gasteiger partial charge in [0.15, 0.2) is 0 Å². The summed E-state index contributed by atoms with van der Waals surface area (Å²) in [5.41, 5.74) is 0.0965. The quantitative estimate of drug-likeness (QED) is 0.566. The topological polar surface area (TPSA) is 88.0 Å². The maximum absolute atomic E-state index is 14.3. The van der Waals surface area contributed by atoms with E-state index in [0.717, 1.165) is 16.3 Å². The highest BCUT2D eigenvalue weighted by Crippen LogP contribution is 2.33. The maximum Gasteiger partial charge on any atom is 0.301 e. The number of rotatable bonds is 6. The lowest BCUT2D eigenvalue weighted by atomic mass is 9.94. The van der Waals surface area contributed by atoms with Gasteiger partial charge in [-0.2, -0.15) is 0 Å². The van der Waals surface area contributed by atoms with Gasteiger partial charge in [0.25, 0.3) is 10.0 Å². The van der Waals surface area contributed by atoms with E-state index in [1.54, 1.807) is 32.0 Å². The monoisotopic (exact) mass is 470 g/mol. The lowest BCUT2D eigenvalue weighted by Gasteiger charge is -2.38. The molecule has 0 aliphatic carbocycles.